The van der Waals surface area contributed by atoms with E-state index in [0.717, 1.165) is 64.5 Å². The van der Waals surface area contributed by atoms with Crippen LogP contribution in [-0.2, 0) is 0 Å². The molecule has 10 rings (SSSR count). The highest BCUT2D eigenvalue weighted by Gasteiger charge is 2.50. The summed E-state index contributed by atoms with van der Waals surface area (Å²) in [4.78, 5) is 4.85. The first-order valence-electron chi connectivity index (χ1n) is 16.6. The SMILES string of the molecule is [2H]C1(c2ccc3c(oc4nc5ccccc5n43)c2C2=CB3N4C=CC=CB4N4C=CC=CB4N4C=CC=CB4N3C=C2)CCCC1. The fourth-order valence-electron chi connectivity index (χ4n) is 8.10. The molecule has 0 unspecified atom stereocenters. The van der Waals surface area contributed by atoms with Gasteiger partial charge in [-0.25, -0.2) is 0 Å². The van der Waals surface area contributed by atoms with Gasteiger partial charge < -0.3 is 23.3 Å². The second-order valence-corrected chi connectivity index (χ2v) is 12.5. The van der Waals surface area contributed by atoms with Crippen LogP contribution in [0.4, 0.5) is 0 Å². The van der Waals surface area contributed by atoms with Crippen LogP contribution in [0.3, 0.4) is 0 Å². The first-order chi connectivity index (χ1) is 22.7. The van der Waals surface area contributed by atoms with Gasteiger partial charge in [-0.1, -0.05) is 73.2 Å². The lowest BCUT2D eigenvalue weighted by atomic mass is 9.41. The zero-order chi connectivity index (χ0) is 30.4. The highest BCUT2D eigenvalue weighted by Crippen LogP contribution is 2.43. The van der Waals surface area contributed by atoms with E-state index in [4.69, 9.17) is 9.40 Å². The molecule has 0 amide bonds. The van der Waals surface area contributed by atoms with Crippen molar-refractivity contribution < 1.29 is 5.79 Å². The summed E-state index contributed by atoms with van der Waals surface area (Å²) in [5, 5.41) is 0. The Morgan fingerprint density at radius 2 is 1.36 bits per heavy atom. The van der Waals surface area contributed by atoms with Crippen molar-refractivity contribution in [1.29, 1.82) is 0 Å². The minimum Gasteiger partial charge on any atom is -0.423 e. The molecule has 1 saturated heterocycles. The lowest BCUT2D eigenvalue weighted by Crippen LogP contribution is -2.73. The number of oxazole rings is 1. The van der Waals surface area contributed by atoms with Crippen molar-refractivity contribution in [3.63, 3.8) is 0 Å². The second-order valence-electron chi connectivity index (χ2n) is 12.5. The molecule has 2 aromatic carbocycles. The van der Waals surface area contributed by atoms with Gasteiger partial charge in [0, 0.05) is 6.93 Å². The second kappa shape index (κ2) is 9.80. The number of hydrogen-bond acceptors (Lipinski definition) is 6. The van der Waals surface area contributed by atoms with Crippen molar-refractivity contribution in [1.82, 2.24) is 28.3 Å². The fraction of sp³-hybridized carbons (Fsp3) is 0.147. The van der Waals surface area contributed by atoms with Gasteiger partial charge in [-0.3, -0.25) is 4.40 Å². The molecule has 7 heterocycles. The number of hydrogen-bond donors (Lipinski definition) is 0. The average Bonchev–Trinajstić information content (AvgIpc) is 3.81. The normalized spacial score (nSPS) is 21.5. The number of allylic oxidation sites excluding steroid dienone is 8. The van der Waals surface area contributed by atoms with Crippen molar-refractivity contribution in [3.8, 4) is 0 Å². The number of fused-ring (bicyclic) bond motifs is 13. The highest BCUT2D eigenvalue weighted by atomic mass is 16.4. The molecule has 0 N–H and O–H groups in total. The highest BCUT2D eigenvalue weighted by molar-refractivity contribution is 6.92. The molecule has 11 heteroatoms. The molecule has 0 spiro atoms. The van der Waals surface area contributed by atoms with Crippen LogP contribution in [0.2, 0.25) is 0 Å². The summed E-state index contributed by atoms with van der Waals surface area (Å²) in [6.07, 6.45) is 27.8. The Morgan fingerprint density at radius 3 is 2.07 bits per heavy atom. The Morgan fingerprint density at radius 1 is 0.711 bits per heavy atom. The van der Waals surface area contributed by atoms with Gasteiger partial charge in [0.25, 0.3) is 0 Å². The summed E-state index contributed by atoms with van der Waals surface area (Å²) in [6.45, 7) is 0.000603. The molecule has 0 radical (unpaired) electrons. The third kappa shape index (κ3) is 3.73. The zero-order valence-electron chi connectivity index (χ0n) is 25.9. The number of imidazole rings is 1. The van der Waals surface area contributed by atoms with Crippen LogP contribution in [0.1, 0.15) is 44.1 Å². The minimum absolute atomic E-state index is 0.0128. The van der Waals surface area contributed by atoms with Crippen molar-refractivity contribution >= 4 is 61.5 Å². The average molecular weight is 583 g/mol. The summed E-state index contributed by atoms with van der Waals surface area (Å²) >= 11 is 0. The molecule has 2 aromatic heterocycles. The summed E-state index contributed by atoms with van der Waals surface area (Å²) in [6, 6.07) is 12.5. The van der Waals surface area contributed by atoms with Crippen molar-refractivity contribution in [2.75, 3.05) is 0 Å². The van der Waals surface area contributed by atoms with Gasteiger partial charge >= 0.3 is 33.8 Å². The summed E-state index contributed by atoms with van der Waals surface area (Å²) in [5.74, 6) is 9.14. The van der Waals surface area contributed by atoms with E-state index in [1.807, 2.05) is 18.2 Å². The predicted molar refractivity (Wildman–Crippen MR) is 186 cm³/mol. The van der Waals surface area contributed by atoms with E-state index in [1.165, 1.54) is 0 Å². The number of para-hydroxylation sites is 2. The molecule has 2 fully saturated rings. The van der Waals surface area contributed by atoms with Gasteiger partial charge in [-0.2, -0.15) is 4.98 Å². The molecular formula is C34H30B4N6O. The van der Waals surface area contributed by atoms with E-state index in [1.54, 1.807) is 0 Å². The van der Waals surface area contributed by atoms with Crippen molar-refractivity contribution in [3.05, 3.63) is 139 Å². The molecule has 6 aliphatic rings. The molecule has 1 aliphatic carbocycles. The van der Waals surface area contributed by atoms with Crippen LogP contribution in [-0.4, -0.2) is 56.2 Å². The van der Waals surface area contributed by atoms with Crippen LogP contribution in [0.15, 0.2) is 132 Å². The first kappa shape index (κ1) is 24.4. The van der Waals surface area contributed by atoms with E-state index < -0.39 is 5.89 Å². The van der Waals surface area contributed by atoms with E-state index in [0.29, 0.717) is 5.84 Å². The number of nitrogens with zero attached hydrogens (tertiary/aromatic N) is 6. The Balaban J connectivity index is 1.19. The van der Waals surface area contributed by atoms with Crippen molar-refractivity contribution in [2.45, 2.75) is 31.6 Å². The smallest absolute Gasteiger partial charge is 0.381 e. The van der Waals surface area contributed by atoms with Gasteiger partial charge in [-0.05, 0) is 97.2 Å². The molecule has 214 valence electrons. The Labute approximate surface area is 265 Å². The Kier molecular flexibility index (Phi) is 5.31. The van der Waals surface area contributed by atoms with Crippen LogP contribution >= 0.6 is 0 Å². The van der Waals surface area contributed by atoms with E-state index in [2.05, 4.69) is 133 Å². The maximum Gasteiger partial charge on any atom is 0.381 e. The van der Waals surface area contributed by atoms with Gasteiger partial charge in [0.15, 0.2) is 5.58 Å². The first-order valence-corrected chi connectivity index (χ1v) is 16.1. The van der Waals surface area contributed by atoms with Gasteiger partial charge in [-0.15, -0.1) is 0 Å². The monoisotopic (exact) mass is 583 g/mol. The molecular weight excluding hydrogens is 552 g/mol. The van der Waals surface area contributed by atoms with E-state index in [9.17, 15) is 1.37 Å². The summed E-state index contributed by atoms with van der Waals surface area (Å²) in [7, 11) is 0. The van der Waals surface area contributed by atoms with E-state index in [-0.39, 0.29) is 27.9 Å². The maximum absolute atomic E-state index is 9.70. The van der Waals surface area contributed by atoms with Gasteiger partial charge in [0.2, 0.25) is 0 Å². The predicted octanol–water partition coefficient (Wildman–Crippen LogP) is 6.38. The van der Waals surface area contributed by atoms with Crippen LogP contribution in [0.25, 0.3) is 33.6 Å². The van der Waals surface area contributed by atoms with Crippen LogP contribution < -0.4 is 0 Å². The summed E-state index contributed by atoms with van der Waals surface area (Å²) in [5.41, 5.74) is 6.87. The number of benzene rings is 2. The number of rotatable bonds is 2. The lowest BCUT2D eigenvalue weighted by molar-refractivity contribution is 0.622. The lowest BCUT2D eigenvalue weighted by Gasteiger charge is -2.53. The Bertz CT molecular complexity index is 2140. The minimum atomic E-state index is -0.657. The quantitative estimate of drug-likeness (QED) is 0.256. The maximum atomic E-state index is 9.70. The molecule has 7 nitrogen and oxygen atoms in total. The fourth-order valence-corrected chi connectivity index (χ4v) is 8.10. The van der Waals surface area contributed by atoms with Crippen molar-refractivity contribution in [2.24, 2.45) is 0 Å². The molecule has 45 heavy (non-hydrogen) atoms. The molecule has 1 saturated carbocycles. The third-order valence-corrected chi connectivity index (χ3v) is 10.1. The number of aromatic nitrogens is 2. The largest absolute Gasteiger partial charge is 0.423 e. The molecule has 0 bridgehead atoms. The molecule has 0 atom stereocenters. The molecule has 4 aromatic rings. The molecule has 5 aliphatic heterocycles. The van der Waals surface area contributed by atoms with E-state index >= 15 is 0 Å². The topological polar surface area (TPSA) is 43.4 Å². The van der Waals surface area contributed by atoms with Crippen LogP contribution in [0, 0.1) is 0 Å². The van der Waals surface area contributed by atoms with Gasteiger partial charge in [0.1, 0.15) is 0 Å². The van der Waals surface area contributed by atoms with Gasteiger partial charge in [0.05, 0.1) is 16.6 Å². The van der Waals surface area contributed by atoms with Crippen LogP contribution in [0.5, 0.6) is 0 Å². The third-order valence-electron chi connectivity index (χ3n) is 10.1. The standard InChI is InChI=1S/C34H30B4N6O/c1-2-12-26(11-1)28-15-16-31-33(45-34-39-29-13-3-4-14-30(29)44(31)34)32(28)27-17-24-43-37-20-6-9-22-41(37)35-18-5-8-21-40(35)36-19-7-10-23-42(36)38(43)25-27/h3-10,13-26H,1-2,11-12H2/i26D. The zero-order valence-corrected chi connectivity index (χ0v) is 24.9. The Hall–Kier alpha value is -4.91. The summed E-state index contributed by atoms with van der Waals surface area (Å²) < 4.78 is 28.3.